The lowest BCUT2D eigenvalue weighted by atomic mass is 10.1. The van der Waals surface area contributed by atoms with Crippen molar-refractivity contribution < 1.29 is 14.3 Å². The minimum absolute atomic E-state index is 0.0596. The summed E-state index contributed by atoms with van der Waals surface area (Å²) in [6.45, 7) is 7.48. The molecule has 0 saturated heterocycles. The van der Waals surface area contributed by atoms with E-state index in [1.54, 1.807) is 6.92 Å². The minimum Gasteiger partial charge on any atom is -0.490 e. The Morgan fingerprint density at radius 1 is 0.655 bits per heavy atom. The zero-order valence-corrected chi connectivity index (χ0v) is 19.3. The highest BCUT2D eigenvalue weighted by Crippen LogP contribution is 2.29. The fourth-order valence-corrected chi connectivity index (χ4v) is 3.44. The highest BCUT2D eigenvalue weighted by atomic mass is 16.5. The molecule has 1 rings (SSSR count). The molecule has 0 atom stereocenters. The summed E-state index contributed by atoms with van der Waals surface area (Å²) in [7, 11) is 0. The molecule has 0 aromatic heterocycles. The van der Waals surface area contributed by atoms with Crippen molar-refractivity contribution in [2.75, 3.05) is 13.2 Å². The van der Waals surface area contributed by atoms with E-state index >= 15 is 0 Å². The first-order valence-corrected chi connectivity index (χ1v) is 12.1. The van der Waals surface area contributed by atoms with Gasteiger partial charge in [-0.25, -0.2) is 0 Å². The maximum atomic E-state index is 11.7. The molecular weight excluding hydrogens is 360 g/mol. The average Bonchev–Trinajstić information content (AvgIpc) is 2.72. The van der Waals surface area contributed by atoms with E-state index in [0.29, 0.717) is 24.5 Å². The Morgan fingerprint density at radius 3 is 1.59 bits per heavy atom. The maximum Gasteiger partial charge on any atom is 0.161 e. The predicted octanol–water partition coefficient (Wildman–Crippen LogP) is 8.15. The minimum atomic E-state index is 0.0596. The Bertz CT molecular complexity index is 539. The van der Waals surface area contributed by atoms with Crippen LogP contribution in [0.1, 0.15) is 121 Å². The van der Waals surface area contributed by atoms with E-state index in [0.717, 1.165) is 18.6 Å². The zero-order chi connectivity index (χ0) is 21.2. The largest absolute Gasteiger partial charge is 0.490 e. The third-order valence-corrected chi connectivity index (χ3v) is 5.36. The SMILES string of the molecule is CCCCCCCCCOc1ccc(C(C)=O)cc1OCCCCCCCCC. The number of ketones is 1. The normalized spacial score (nSPS) is 10.9. The molecule has 0 saturated carbocycles. The highest BCUT2D eigenvalue weighted by Gasteiger charge is 2.09. The summed E-state index contributed by atoms with van der Waals surface area (Å²) in [6.07, 6.45) is 17.7. The molecule has 29 heavy (non-hydrogen) atoms. The molecule has 0 bridgehead atoms. The van der Waals surface area contributed by atoms with Crippen LogP contribution < -0.4 is 9.47 Å². The van der Waals surface area contributed by atoms with Crippen molar-refractivity contribution in [2.24, 2.45) is 0 Å². The summed E-state index contributed by atoms with van der Waals surface area (Å²) in [6, 6.07) is 5.56. The summed E-state index contributed by atoms with van der Waals surface area (Å²) in [5, 5.41) is 0. The Morgan fingerprint density at radius 2 is 1.10 bits per heavy atom. The van der Waals surface area contributed by atoms with Gasteiger partial charge >= 0.3 is 0 Å². The first-order chi connectivity index (χ1) is 14.2. The number of ether oxygens (including phenoxy) is 2. The lowest BCUT2D eigenvalue weighted by molar-refractivity contribution is 0.101. The zero-order valence-electron chi connectivity index (χ0n) is 19.3. The molecule has 0 unspecified atom stereocenters. The van der Waals surface area contributed by atoms with E-state index < -0.39 is 0 Å². The topological polar surface area (TPSA) is 35.5 Å². The number of hydrogen-bond donors (Lipinski definition) is 0. The number of benzene rings is 1. The molecule has 0 radical (unpaired) electrons. The van der Waals surface area contributed by atoms with Crippen molar-refractivity contribution >= 4 is 5.78 Å². The van der Waals surface area contributed by atoms with Crippen LogP contribution in [0.5, 0.6) is 11.5 Å². The molecule has 3 heteroatoms. The summed E-state index contributed by atoms with van der Waals surface area (Å²) >= 11 is 0. The second-order valence-corrected chi connectivity index (χ2v) is 8.16. The van der Waals surface area contributed by atoms with Crippen LogP contribution in [0.15, 0.2) is 18.2 Å². The van der Waals surface area contributed by atoms with Gasteiger partial charge in [0.2, 0.25) is 0 Å². The summed E-state index contributed by atoms with van der Waals surface area (Å²) < 4.78 is 12.0. The molecule has 0 spiro atoms. The molecule has 0 fully saturated rings. The van der Waals surface area contributed by atoms with Crippen LogP contribution in [0.3, 0.4) is 0 Å². The second kappa shape index (κ2) is 17.4. The predicted molar refractivity (Wildman–Crippen MR) is 123 cm³/mol. The summed E-state index contributed by atoms with van der Waals surface area (Å²) in [5.74, 6) is 1.54. The van der Waals surface area contributed by atoms with Gasteiger partial charge in [0.15, 0.2) is 17.3 Å². The smallest absolute Gasteiger partial charge is 0.161 e. The van der Waals surface area contributed by atoms with E-state index in [4.69, 9.17) is 9.47 Å². The van der Waals surface area contributed by atoms with Gasteiger partial charge in [-0.05, 0) is 38.0 Å². The van der Waals surface area contributed by atoms with Crippen LogP contribution in [0.4, 0.5) is 0 Å². The first kappa shape index (κ1) is 25.5. The van der Waals surface area contributed by atoms with Gasteiger partial charge in [0.05, 0.1) is 13.2 Å². The Hall–Kier alpha value is -1.51. The molecule has 0 aliphatic carbocycles. The van der Waals surface area contributed by atoms with Crippen molar-refractivity contribution in [3.05, 3.63) is 23.8 Å². The number of rotatable bonds is 19. The van der Waals surface area contributed by atoms with Crippen molar-refractivity contribution in [1.29, 1.82) is 0 Å². The monoisotopic (exact) mass is 404 g/mol. The lowest BCUT2D eigenvalue weighted by Crippen LogP contribution is -2.04. The van der Waals surface area contributed by atoms with Crippen molar-refractivity contribution in [3.63, 3.8) is 0 Å². The fraction of sp³-hybridized carbons (Fsp3) is 0.731. The van der Waals surface area contributed by atoms with Gasteiger partial charge in [-0.15, -0.1) is 0 Å². The maximum absolute atomic E-state index is 11.7. The fourth-order valence-electron chi connectivity index (χ4n) is 3.44. The van der Waals surface area contributed by atoms with Gasteiger partial charge in [0, 0.05) is 5.56 Å². The number of hydrogen-bond acceptors (Lipinski definition) is 3. The quantitative estimate of drug-likeness (QED) is 0.172. The summed E-state index contributed by atoms with van der Waals surface area (Å²) in [5.41, 5.74) is 0.683. The molecule has 1 aromatic carbocycles. The van der Waals surface area contributed by atoms with Crippen LogP contribution in [-0.2, 0) is 0 Å². The van der Waals surface area contributed by atoms with Gasteiger partial charge in [-0.1, -0.05) is 90.9 Å². The van der Waals surface area contributed by atoms with E-state index in [1.165, 1.54) is 77.0 Å². The third-order valence-electron chi connectivity index (χ3n) is 5.36. The van der Waals surface area contributed by atoms with E-state index in [2.05, 4.69) is 13.8 Å². The van der Waals surface area contributed by atoms with Crippen LogP contribution >= 0.6 is 0 Å². The van der Waals surface area contributed by atoms with Crippen LogP contribution in [-0.4, -0.2) is 19.0 Å². The van der Waals surface area contributed by atoms with Gasteiger partial charge < -0.3 is 9.47 Å². The highest BCUT2D eigenvalue weighted by molar-refractivity contribution is 5.94. The Labute approximate surface area is 179 Å². The Kier molecular flexibility index (Phi) is 15.3. The van der Waals surface area contributed by atoms with Crippen molar-refractivity contribution in [1.82, 2.24) is 0 Å². The van der Waals surface area contributed by atoms with Crippen LogP contribution in [0.2, 0.25) is 0 Å². The van der Waals surface area contributed by atoms with E-state index in [1.807, 2.05) is 18.2 Å². The van der Waals surface area contributed by atoms with Crippen molar-refractivity contribution in [2.45, 2.75) is 111 Å². The van der Waals surface area contributed by atoms with E-state index in [-0.39, 0.29) is 5.78 Å². The van der Waals surface area contributed by atoms with Crippen LogP contribution in [0, 0.1) is 0 Å². The molecule has 0 N–H and O–H groups in total. The number of carbonyl (C=O) groups excluding carboxylic acids is 1. The van der Waals surface area contributed by atoms with Gasteiger partial charge in [-0.2, -0.15) is 0 Å². The average molecular weight is 405 g/mol. The Balaban J connectivity index is 2.36. The third kappa shape index (κ3) is 12.6. The lowest BCUT2D eigenvalue weighted by Gasteiger charge is -2.14. The molecule has 0 heterocycles. The molecule has 166 valence electrons. The number of carbonyl (C=O) groups is 1. The molecule has 0 aliphatic heterocycles. The first-order valence-electron chi connectivity index (χ1n) is 12.1. The molecule has 0 amide bonds. The molecular formula is C26H44O3. The van der Waals surface area contributed by atoms with Crippen LogP contribution in [0.25, 0.3) is 0 Å². The van der Waals surface area contributed by atoms with Crippen molar-refractivity contribution in [3.8, 4) is 11.5 Å². The molecule has 1 aromatic rings. The molecule has 0 aliphatic rings. The van der Waals surface area contributed by atoms with Gasteiger partial charge in [-0.3, -0.25) is 4.79 Å². The van der Waals surface area contributed by atoms with Gasteiger partial charge in [0.1, 0.15) is 0 Å². The second-order valence-electron chi connectivity index (χ2n) is 8.16. The number of unbranched alkanes of at least 4 members (excludes halogenated alkanes) is 12. The molecule has 3 nitrogen and oxygen atoms in total. The van der Waals surface area contributed by atoms with E-state index in [9.17, 15) is 4.79 Å². The number of Topliss-reactive ketones (excluding diaryl/α,β-unsaturated/α-hetero) is 1. The standard InChI is InChI=1S/C26H44O3/c1-4-6-8-10-12-14-16-20-28-25-19-18-24(23(3)27)22-26(25)29-21-17-15-13-11-9-7-5-2/h18-19,22H,4-17,20-21H2,1-3H3. The van der Waals surface area contributed by atoms with Gasteiger partial charge in [0.25, 0.3) is 0 Å². The summed E-state index contributed by atoms with van der Waals surface area (Å²) in [4.78, 5) is 11.7.